The Hall–Kier alpha value is -0.610. The van der Waals surface area contributed by atoms with Gasteiger partial charge >= 0.3 is 5.97 Å². The molecule has 0 bridgehead atoms. The van der Waals surface area contributed by atoms with Crippen LogP contribution >= 0.6 is 0 Å². The molecule has 3 atom stereocenters. The third-order valence-electron chi connectivity index (χ3n) is 3.69. The van der Waals surface area contributed by atoms with Gasteiger partial charge in [0.05, 0.1) is 12.5 Å². The normalized spacial score (nSPS) is 37.2. The Morgan fingerprint density at radius 3 is 3.00 bits per heavy atom. The Balaban J connectivity index is 1.91. The molecule has 0 aromatic heterocycles. The quantitative estimate of drug-likeness (QED) is 0.689. The molecule has 0 aromatic carbocycles. The molecule has 86 valence electrons. The average molecular weight is 212 g/mol. The Morgan fingerprint density at radius 1 is 1.60 bits per heavy atom. The minimum absolute atomic E-state index is 0.0103. The van der Waals surface area contributed by atoms with Crippen molar-refractivity contribution in [1.82, 2.24) is 10.2 Å². The standard InChI is InChI=1S/C11H20N2O2/c1-3-10-8(6-15-11(10)14)4-9-5-12-7-13(9)2/h8-10,12H,3-7H2,1-2H3/t8-,9?,10+/m0/s1. The summed E-state index contributed by atoms with van der Waals surface area (Å²) < 4.78 is 5.14. The van der Waals surface area contributed by atoms with E-state index in [1.54, 1.807) is 0 Å². The molecule has 0 radical (unpaired) electrons. The van der Waals surface area contributed by atoms with E-state index in [1.807, 2.05) is 0 Å². The summed E-state index contributed by atoms with van der Waals surface area (Å²) in [5, 5.41) is 3.34. The van der Waals surface area contributed by atoms with E-state index in [9.17, 15) is 4.79 Å². The molecular formula is C11H20N2O2. The molecule has 0 amide bonds. The van der Waals surface area contributed by atoms with Crippen molar-refractivity contribution in [3.8, 4) is 0 Å². The zero-order valence-electron chi connectivity index (χ0n) is 9.53. The molecule has 0 aliphatic carbocycles. The lowest BCUT2D eigenvalue weighted by atomic mass is 9.87. The first-order valence-corrected chi connectivity index (χ1v) is 5.80. The summed E-state index contributed by atoms with van der Waals surface area (Å²) in [5.41, 5.74) is 0. The molecular weight excluding hydrogens is 192 g/mol. The number of carbonyl (C=O) groups is 1. The van der Waals surface area contributed by atoms with Crippen LogP contribution in [0.4, 0.5) is 0 Å². The summed E-state index contributed by atoms with van der Waals surface area (Å²) in [6.45, 7) is 4.70. The van der Waals surface area contributed by atoms with E-state index in [1.165, 1.54) is 0 Å². The van der Waals surface area contributed by atoms with E-state index >= 15 is 0 Å². The van der Waals surface area contributed by atoms with Gasteiger partial charge in [-0.1, -0.05) is 6.92 Å². The van der Waals surface area contributed by atoms with Gasteiger partial charge in [-0.15, -0.1) is 0 Å². The third kappa shape index (κ3) is 2.16. The van der Waals surface area contributed by atoms with Gasteiger partial charge in [0.25, 0.3) is 0 Å². The maximum absolute atomic E-state index is 11.4. The number of hydrogen-bond acceptors (Lipinski definition) is 4. The highest BCUT2D eigenvalue weighted by atomic mass is 16.5. The van der Waals surface area contributed by atoms with Crippen LogP contribution in [0.5, 0.6) is 0 Å². The highest BCUT2D eigenvalue weighted by molar-refractivity contribution is 5.74. The minimum atomic E-state index is 0.0103. The van der Waals surface area contributed by atoms with Crippen LogP contribution in [0.2, 0.25) is 0 Å². The second-order valence-electron chi connectivity index (χ2n) is 4.66. The summed E-state index contributed by atoms with van der Waals surface area (Å²) in [6, 6.07) is 0.568. The van der Waals surface area contributed by atoms with E-state index in [4.69, 9.17) is 4.74 Å². The number of nitrogens with one attached hydrogen (secondary N) is 1. The molecule has 2 heterocycles. The van der Waals surface area contributed by atoms with Crippen molar-refractivity contribution in [3.63, 3.8) is 0 Å². The maximum Gasteiger partial charge on any atom is 0.309 e. The Morgan fingerprint density at radius 2 is 2.40 bits per heavy atom. The van der Waals surface area contributed by atoms with Crippen LogP contribution in [0.15, 0.2) is 0 Å². The molecule has 2 saturated heterocycles. The fraction of sp³-hybridized carbons (Fsp3) is 0.909. The molecule has 0 aromatic rings. The van der Waals surface area contributed by atoms with Gasteiger partial charge in [0.1, 0.15) is 0 Å². The molecule has 0 spiro atoms. The number of cyclic esters (lactones) is 1. The average Bonchev–Trinajstić information content (AvgIpc) is 2.76. The molecule has 0 saturated carbocycles. The van der Waals surface area contributed by atoms with Crippen LogP contribution in [-0.2, 0) is 9.53 Å². The van der Waals surface area contributed by atoms with Gasteiger partial charge in [-0.2, -0.15) is 0 Å². The Kier molecular flexibility index (Phi) is 3.26. The Bertz CT molecular complexity index is 245. The van der Waals surface area contributed by atoms with Gasteiger partial charge in [-0.25, -0.2) is 0 Å². The van der Waals surface area contributed by atoms with Crippen molar-refractivity contribution in [2.24, 2.45) is 11.8 Å². The number of carbonyl (C=O) groups excluding carboxylic acids is 1. The SMILES string of the molecule is CC[C@H]1C(=O)OC[C@@H]1CC1CNCN1C. The molecule has 2 aliphatic rings. The first-order valence-electron chi connectivity index (χ1n) is 5.80. The van der Waals surface area contributed by atoms with Crippen LogP contribution in [-0.4, -0.2) is 43.8 Å². The van der Waals surface area contributed by atoms with E-state index < -0.39 is 0 Å². The van der Waals surface area contributed by atoms with Crippen LogP contribution < -0.4 is 5.32 Å². The lowest BCUT2D eigenvalue weighted by Gasteiger charge is -2.22. The van der Waals surface area contributed by atoms with Crippen molar-refractivity contribution in [1.29, 1.82) is 0 Å². The molecule has 4 nitrogen and oxygen atoms in total. The summed E-state index contributed by atoms with van der Waals surface area (Å²) in [7, 11) is 2.13. The van der Waals surface area contributed by atoms with Crippen molar-refractivity contribution in [2.45, 2.75) is 25.8 Å². The number of nitrogens with zero attached hydrogens (tertiary/aromatic N) is 1. The summed E-state index contributed by atoms with van der Waals surface area (Å²) in [4.78, 5) is 13.7. The summed E-state index contributed by atoms with van der Waals surface area (Å²) in [6.07, 6.45) is 1.99. The van der Waals surface area contributed by atoms with Gasteiger partial charge in [-0.05, 0) is 19.9 Å². The summed E-state index contributed by atoms with van der Waals surface area (Å²) >= 11 is 0. The Labute approximate surface area is 91.0 Å². The highest BCUT2D eigenvalue weighted by Crippen LogP contribution is 2.30. The van der Waals surface area contributed by atoms with E-state index in [2.05, 4.69) is 24.2 Å². The second-order valence-corrected chi connectivity index (χ2v) is 4.66. The molecule has 15 heavy (non-hydrogen) atoms. The monoisotopic (exact) mass is 212 g/mol. The van der Waals surface area contributed by atoms with Gasteiger partial charge < -0.3 is 10.1 Å². The first kappa shape index (κ1) is 10.9. The fourth-order valence-corrected chi connectivity index (χ4v) is 2.64. The van der Waals surface area contributed by atoms with Crippen LogP contribution in [0.1, 0.15) is 19.8 Å². The molecule has 2 aliphatic heterocycles. The van der Waals surface area contributed by atoms with Crippen LogP contribution in [0.25, 0.3) is 0 Å². The zero-order valence-corrected chi connectivity index (χ0v) is 9.53. The molecule has 1 unspecified atom stereocenters. The van der Waals surface area contributed by atoms with E-state index in [0.29, 0.717) is 18.6 Å². The van der Waals surface area contributed by atoms with Crippen molar-refractivity contribution in [3.05, 3.63) is 0 Å². The highest BCUT2D eigenvalue weighted by Gasteiger charge is 2.37. The van der Waals surface area contributed by atoms with Crippen molar-refractivity contribution in [2.75, 3.05) is 26.9 Å². The predicted octanol–water partition coefficient (Wildman–Crippen LogP) is 0.437. The number of hydrogen-bond donors (Lipinski definition) is 1. The lowest BCUT2D eigenvalue weighted by molar-refractivity contribution is -0.141. The van der Waals surface area contributed by atoms with Crippen LogP contribution in [0.3, 0.4) is 0 Å². The molecule has 1 N–H and O–H groups in total. The van der Waals surface area contributed by atoms with Crippen molar-refractivity contribution >= 4 is 5.97 Å². The number of likely N-dealkylation sites (N-methyl/N-ethyl adjacent to an activating group) is 1. The van der Waals surface area contributed by atoms with E-state index in [-0.39, 0.29) is 11.9 Å². The first-order chi connectivity index (χ1) is 7.22. The zero-order chi connectivity index (χ0) is 10.8. The number of rotatable bonds is 3. The topological polar surface area (TPSA) is 41.6 Å². The van der Waals surface area contributed by atoms with Crippen LogP contribution in [0, 0.1) is 11.8 Å². The van der Waals surface area contributed by atoms with Gasteiger partial charge in [0.15, 0.2) is 0 Å². The summed E-state index contributed by atoms with van der Waals surface area (Å²) in [5.74, 6) is 0.574. The molecule has 2 fully saturated rings. The van der Waals surface area contributed by atoms with E-state index in [0.717, 1.165) is 26.1 Å². The second kappa shape index (κ2) is 4.49. The number of esters is 1. The third-order valence-corrected chi connectivity index (χ3v) is 3.69. The fourth-order valence-electron chi connectivity index (χ4n) is 2.64. The van der Waals surface area contributed by atoms with Gasteiger partial charge in [0.2, 0.25) is 0 Å². The van der Waals surface area contributed by atoms with Gasteiger partial charge in [0, 0.05) is 25.2 Å². The number of ether oxygens (including phenoxy) is 1. The molecule has 2 rings (SSSR count). The predicted molar refractivity (Wildman–Crippen MR) is 57.3 cm³/mol. The molecule has 4 heteroatoms. The minimum Gasteiger partial charge on any atom is -0.465 e. The van der Waals surface area contributed by atoms with Crippen molar-refractivity contribution < 1.29 is 9.53 Å². The largest absolute Gasteiger partial charge is 0.465 e. The van der Waals surface area contributed by atoms with Gasteiger partial charge in [-0.3, -0.25) is 9.69 Å². The smallest absolute Gasteiger partial charge is 0.309 e. The lowest BCUT2D eigenvalue weighted by Crippen LogP contribution is -2.31. The maximum atomic E-state index is 11.4.